The van der Waals surface area contributed by atoms with E-state index < -0.39 is 20.0 Å². The molecule has 2 heterocycles. The molecule has 14 heteroatoms. The summed E-state index contributed by atoms with van der Waals surface area (Å²) in [6, 6.07) is 9.65. The Hall–Kier alpha value is -2.88. The van der Waals surface area contributed by atoms with E-state index in [0.29, 0.717) is 72.9 Å². The number of sulfonamides is 2. The molecule has 12 nitrogen and oxygen atoms in total. The van der Waals surface area contributed by atoms with Crippen LogP contribution in [-0.4, -0.2) is 127 Å². The molecule has 0 bridgehead atoms. The molecular formula is C28H38N6O6S2. The van der Waals surface area contributed by atoms with Crippen LogP contribution in [0, 0.1) is 0 Å². The predicted octanol–water partition coefficient (Wildman–Crippen LogP) is 1.45. The lowest BCUT2D eigenvalue weighted by molar-refractivity contribution is 0.213. The van der Waals surface area contributed by atoms with E-state index in [2.05, 4.69) is 20.1 Å². The van der Waals surface area contributed by atoms with Gasteiger partial charge in [-0.2, -0.15) is 8.61 Å². The summed E-state index contributed by atoms with van der Waals surface area (Å²) in [5, 5.41) is 8.53. The molecule has 0 aromatic heterocycles. The van der Waals surface area contributed by atoms with Crippen LogP contribution >= 0.6 is 0 Å². The molecule has 2 aromatic rings. The van der Waals surface area contributed by atoms with Crippen molar-refractivity contribution in [3.8, 4) is 0 Å². The molecule has 228 valence electrons. The first kappa shape index (κ1) is 30.6. The number of rotatable bonds is 6. The van der Waals surface area contributed by atoms with Gasteiger partial charge in [0.1, 0.15) is 25.6 Å². The Balaban J connectivity index is 1.61. The monoisotopic (exact) mass is 618 g/mol. The standard InChI is InChI=1S/C28H38N6O6S2/c1-31-11-5-13-33(17-15-31)41(35,36)21-7-9-23-25(19-21)28(30-40-4)26-20-22(8-10-24(26)27(23)29-39-3)42(37,38)34-14-6-12-32(2)16-18-34/h7-10,19-20H,5-6,11-18H2,1-4H3. The van der Waals surface area contributed by atoms with E-state index in [1.165, 1.54) is 22.8 Å². The Kier molecular flexibility index (Phi) is 9.02. The van der Waals surface area contributed by atoms with Crippen molar-refractivity contribution < 1.29 is 26.5 Å². The number of hydrogen-bond acceptors (Lipinski definition) is 10. The van der Waals surface area contributed by atoms with Crippen LogP contribution in [0.4, 0.5) is 0 Å². The fraction of sp³-hybridized carbons (Fsp3) is 0.500. The van der Waals surface area contributed by atoms with Crippen molar-refractivity contribution in [3.63, 3.8) is 0 Å². The van der Waals surface area contributed by atoms with Crippen LogP contribution in [0.5, 0.6) is 0 Å². The topological polar surface area (TPSA) is 124 Å². The van der Waals surface area contributed by atoms with Crippen molar-refractivity contribution in [2.24, 2.45) is 10.3 Å². The fourth-order valence-corrected chi connectivity index (χ4v) is 8.66. The summed E-state index contributed by atoms with van der Waals surface area (Å²) in [5.41, 5.74) is 2.87. The minimum absolute atomic E-state index is 0.118. The van der Waals surface area contributed by atoms with Crippen molar-refractivity contribution in [3.05, 3.63) is 58.7 Å². The minimum atomic E-state index is -3.81. The molecule has 2 aliphatic heterocycles. The summed E-state index contributed by atoms with van der Waals surface area (Å²) in [7, 11) is -0.829. The highest BCUT2D eigenvalue weighted by Crippen LogP contribution is 2.33. The van der Waals surface area contributed by atoms with Crippen molar-refractivity contribution in [1.29, 1.82) is 0 Å². The van der Waals surface area contributed by atoms with E-state index in [1.807, 2.05) is 14.1 Å². The van der Waals surface area contributed by atoms with Crippen molar-refractivity contribution in [1.82, 2.24) is 18.4 Å². The van der Waals surface area contributed by atoms with Crippen LogP contribution in [0.3, 0.4) is 0 Å². The van der Waals surface area contributed by atoms with E-state index in [-0.39, 0.29) is 9.79 Å². The molecule has 3 aliphatic rings. The van der Waals surface area contributed by atoms with E-state index in [9.17, 15) is 16.8 Å². The summed E-state index contributed by atoms with van der Waals surface area (Å²) >= 11 is 0. The Morgan fingerprint density at radius 2 is 0.976 bits per heavy atom. The van der Waals surface area contributed by atoms with Gasteiger partial charge in [0, 0.05) is 61.5 Å². The van der Waals surface area contributed by atoms with Crippen molar-refractivity contribution in [2.45, 2.75) is 22.6 Å². The van der Waals surface area contributed by atoms with Gasteiger partial charge < -0.3 is 19.5 Å². The molecule has 2 aromatic carbocycles. The Bertz CT molecular complexity index is 1500. The molecule has 42 heavy (non-hydrogen) atoms. The van der Waals surface area contributed by atoms with Gasteiger partial charge in [0.25, 0.3) is 0 Å². The lowest BCUT2D eigenvalue weighted by atomic mass is 9.83. The zero-order valence-electron chi connectivity index (χ0n) is 24.5. The van der Waals surface area contributed by atoms with Gasteiger partial charge in [-0.05, 0) is 64.3 Å². The first-order valence-electron chi connectivity index (χ1n) is 14.0. The largest absolute Gasteiger partial charge is 0.399 e. The van der Waals surface area contributed by atoms with Gasteiger partial charge >= 0.3 is 0 Å². The molecule has 5 rings (SSSR count). The number of fused-ring (bicyclic) bond motifs is 2. The maximum atomic E-state index is 13.8. The smallest absolute Gasteiger partial charge is 0.243 e. The Morgan fingerprint density at radius 3 is 1.38 bits per heavy atom. The van der Waals surface area contributed by atoms with Crippen LogP contribution < -0.4 is 0 Å². The SMILES string of the molecule is CON=C1c2ccc(S(=O)(=O)N3CCCN(C)CC3)cc2C(=NOC)c2cc(S(=O)(=O)N3CCCN(C)CC3)ccc21. The van der Waals surface area contributed by atoms with Crippen LogP contribution in [0.2, 0.25) is 0 Å². The number of likely N-dealkylation sites (N-methyl/N-ethyl adjacent to an activating group) is 2. The second-order valence-electron chi connectivity index (χ2n) is 10.8. The summed E-state index contributed by atoms with van der Waals surface area (Å²) in [6.45, 7) is 4.57. The second-order valence-corrected chi connectivity index (χ2v) is 14.7. The molecule has 0 amide bonds. The van der Waals surface area contributed by atoms with Gasteiger partial charge in [-0.3, -0.25) is 0 Å². The third-order valence-electron chi connectivity index (χ3n) is 8.00. The van der Waals surface area contributed by atoms with Gasteiger partial charge in [-0.25, -0.2) is 16.8 Å². The zero-order chi connectivity index (χ0) is 30.1. The van der Waals surface area contributed by atoms with Gasteiger partial charge in [-0.15, -0.1) is 0 Å². The lowest BCUT2D eigenvalue weighted by Gasteiger charge is -2.26. The lowest BCUT2D eigenvalue weighted by Crippen LogP contribution is -2.35. The summed E-state index contributed by atoms with van der Waals surface area (Å²) < 4.78 is 58.0. The molecular weight excluding hydrogens is 580 g/mol. The third kappa shape index (κ3) is 5.83. The molecule has 1 aliphatic carbocycles. The van der Waals surface area contributed by atoms with Gasteiger partial charge in [0.2, 0.25) is 20.0 Å². The molecule has 0 spiro atoms. The van der Waals surface area contributed by atoms with Crippen LogP contribution in [-0.2, 0) is 29.7 Å². The third-order valence-corrected chi connectivity index (χ3v) is 11.8. The minimum Gasteiger partial charge on any atom is -0.399 e. The average molecular weight is 619 g/mol. The van der Waals surface area contributed by atoms with Crippen LogP contribution in [0.25, 0.3) is 0 Å². The molecule has 2 saturated heterocycles. The van der Waals surface area contributed by atoms with Crippen LogP contribution in [0.15, 0.2) is 56.5 Å². The maximum Gasteiger partial charge on any atom is 0.243 e. The fourth-order valence-electron chi connectivity index (χ4n) is 5.67. The highest BCUT2D eigenvalue weighted by atomic mass is 32.2. The zero-order valence-corrected chi connectivity index (χ0v) is 26.1. The molecule has 0 unspecified atom stereocenters. The number of benzene rings is 2. The Morgan fingerprint density at radius 1 is 0.571 bits per heavy atom. The van der Waals surface area contributed by atoms with E-state index in [1.54, 1.807) is 36.4 Å². The molecule has 0 N–H and O–H groups in total. The van der Waals surface area contributed by atoms with Gasteiger partial charge in [0.05, 0.1) is 9.79 Å². The van der Waals surface area contributed by atoms with E-state index in [4.69, 9.17) is 9.68 Å². The summed E-state index contributed by atoms with van der Waals surface area (Å²) in [5.74, 6) is 0. The Labute approximate surface area is 248 Å². The summed E-state index contributed by atoms with van der Waals surface area (Å²) in [6.07, 6.45) is 1.47. The van der Waals surface area contributed by atoms with Gasteiger partial charge in [-0.1, -0.05) is 22.4 Å². The van der Waals surface area contributed by atoms with Crippen LogP contribution in [0.1, 0.15) is 35.1 Å². The molecule has 0 saturated carbocycles. The maximum absolute atomic E-state index is 13.8. The van der Waals surface area contributed by atoms with E-state index in [0.717, 1.165) is 25.9 Å². The van der Waals surface area contributed by atoms with Crippen molar-refractivity contribution in [2.75, 3.05) is 80.7 Å². The van der Waals surface area contributed by atoms with Gasteiger partial charge in [0.15, 0.2) is 0 Å². The second kappa shape index (κ2) is 12.4. The summed E-state index contributed by atoms with van der Waals surface area (Å²) in [4.78, 5) is 14.9. The number of hydrogen-bond donors (Lipinski definition) is 0. The first-order valence-corrected chi connectivity index (χ1v) is 16.8. The molecule has 2 fully saturated rings. The van der Waals surface area contributed by atoms with E-state index >= 15 is 0 Å². The number of nitrogens with zero attached hydrogens (tertiary/aromatic N) is 6. The molecule has 0 atom stereocenters. The average Bonchev–Trinajstić information content (AvgIpc) is 3.34. The highest BCUT2D eigenvalue weighted by Gasteiger charge is 2.34. The first-order chi connectivity index (χ1) is 20.1. The predicted molar refractivity (Wildman–Crippen MR) is 160 cm³/mol. The van der Waals surface area contributed by atoms with Crippen molar-refractivity contribution >= 4 is 31.5 Å². The quantitative estimate of drug-likeness (QED) is 0.381. The number of oxime groups is 2. The highest BCUT2D eigenvalue weighted by molar-refractivity contribution is 7.89. The molecule has 0 radical (unpaired) electrons. The normalized spacial score (nSPS) is 19.8.